The second-order valence-electron chi connectivity index (χ2n) is 6.21. The van der Waals surface area contributed by atoms with Crippen LogP contribution in [0.25, 0.3) is 0 Å². The van der Waals surface area contributed by atoms with Gasteiger partial charge in [0.05, 0.1) is 13.8 Å². The normalized spacial score (nSPS) is 17.1. The van der Waals surface area contributed by atoms with Crippen LogP contribution >= 0.6 is 34.9 Å². The molecule has 26 heavy (non-hydrogen) atoms. The molecule has 0 saturated heterocycles. The van der Waals surface area contributed by atoms with Gasteiger partial charge in [-0.05, 0) is 66.8 Å². The summed E-state index contributed by atoms with van der Waals surface area (Å²) in [4.78, 5) is 3.94. The molecule has 4 rings (SSSR count). The topological polar surface area (TPSA) is 42.3 Å². The van der Waals surface area contributed by atoms with Gasteiger partial charge in [0.1, 0.15) is 5.75 Å². The number of benzene rings is 1. The lowest BCUT2D eigenvalue weighted by molar-refractivity contribution is 0.145. The largest absolute Gasteiger partial charge is 0.497 e. The van der Waals surface area contributed by atoms with Gasteiger partial charge in [0, 0.05) is 23.2 Å². The number of anilines is 2. The van der Waals surface area contributed by atoms with Crippen LogP contribution in [0.3, 0.4) is 0 Å². The molecule has 3 aromatic rings. The van der Waals surface area contributed by atoms with Crippen LogP contribution in [0.5, 0.6) is 5.75 Å². The van der Waals surface area contributed by atoms with Crippen molar-refractivity contribution >= 4 is 45.7 Å². The van der Waals surface area contributed by atoms with Crippen LogP contribution in [-0.2, 0) is 13.1 Å². The van der Waals surface area contributed by atoms with E-state index in [0.717, 1.165) is 40.2 Å². The lowest BCUT2D eigenvalue weighted by Crippen LogP contribution is -2.35. The van der Waals surface area contributed by atoms with Gasteiger partial charge >= 0.3 is 0 Å². The Morgan fingerprint density at radius 2 is 2.12 bits per heavy atom. The van der Waals surface area contributed by atoms with Crippen molar-refractivity contribution in [3.05, 3.63) is 50.1 Å². The van der Waals surface area contributed by atoms with E-state index < -0.39 is 0 Å². The molecule has 0 amide bonds. The molecule has 3 heterocycles. The monoisotopic (exact) mass is 404 g/mol. The fourth-order valence-electron chi connectivity index (χ4n) is 3.17. The summed E-state index contributed by atoms with van der Waals surface area (Å²) in [6.45, 7) is 4.02. The minimum Gasteiger partial charge on any atom is -0.497 e. The average molecular weight is 405 g/mol. The van der Waals surface area contributed by atoms with Crippen molar-refractivity contribution in [1.82, 2.24) is 14.7 Å². The fourth-order valence-corrected chi connectivity index (χ4v) is 5.15. The van der Waals surface area contributed by atoms with Crippen molar-refractivity contribution in [2.45, 2.75) is 26.1 Å². The second-order valence-corrected chi connectivity index (χ2v) is 8.83. The first-order valence-corrected chi connectivity index (χ1v) is 10.5. The van der Waals surface area contributed by atoms with Crippen molar-refractivity contribution in [1.29, 1.82) is 0 Å². The van der Waals surface area contributed by atoms with Crippen LogP contribution in [0.15, 0.2) is 35.7 Å². The highest BCUT2D eigenvalue weighted by Gasteiger charge is 2.25. The fraction of sp³-hybridized carbons (Fsp3) is 0.333. The minimum atomic E-state index is 0.395. The molecule has 1 aromatic carbocycles. The molecule has 0 spiro atoms. The Hall–Kier alpha value is -1.74. The highest BCUT2D eigenvalue weighted by molar-refractivity contribution is 7.73. The molecule has 0 bridgehead atoms. The third kappa shape index (κ3) is 3.55. The Labute approximate surface area is 165 Å². The van der Waals surface area contributed by atoms with Crippen molar-refractivity contribution in [2.24, 2.45) is 0 Å². The maximum absolute atomic E-state index is 5.53. The molecule has 136 valence electrons. The maximum Gasteiger partial charge on any atom is 0.209 e. The number of aromatic nitrogens is 2. The first kappa shape index (κ1) is 17.7. The summed E-state index contributed by atoms with van der Waals surface area (Å²) in [5.74, 6) is 0.834. The first-order chi connectivity index (χ1) is 12.6. The van der Waals surface area contributed by atoms with Crippen molar-refractivity contribution in [3.63, 3.8) is 0 Å². The van der Waals surface area contributed by atoms with Gasteiger partial charge in [-0.25, -0.2) is 4.68 Å². The Bertz CT molecular complexity index is 944. The van der Waals surface area contributed by atoms with Crippen molar-refractivity contribution in [3.8, 4) is 5.75 Å². The summed E-state index contributed by atoms with van der Waals surface area (Å²) in [7, 11) is 1.66. The van der Waals surface area contributed by atoms with Gasteiger partial charge in [-0.2, -0.15) is 0 Å². The number of thiophene rings is 1. The van der Waals surface area contributed by atoms with E-state index in [4.69, 9.17) is 17.0 Å². The number of nitrogens with one attached hydrogen (secondary N) is 1. The predicted molar refractivity (Wildman–Crippen MR) is 110 cm³/mol. The summed E-state index contributed by atoms with van der Waals surface area (Å²) in [6.07, 6.45) is 1.10. The summed E-state index contributed by atoms with van der Waals surface area (Å²) in [6, 6.07) is 10.4. The standard InChI is InChI=1S/C18H20N4OS3/c1-12-15-8-10-25-16(15)7-9-21(12)11-22-18(24)26-17(20-22)19-13-3-5-14(23-2)6-4-13/h3-6,8,10,12H,7,9,11H2,1-2H3,(H,19,20)/t12-/m0/s1. The molecule has 0 unspecified atom stereocenters. The van der Waals surface area contributed by atoms with E-state index in [9.17, 15) is 0 Å². The van der Waals surface area contributed by atoms with Crippen LogP contribution in [-0.4, -0.2) is 28.3 Å². The van der Waals surface area contributed by atoms with Crippen molar-refractivity contribution < 1.29 is 4.74 Å². The van der Waals surface area contributed by atoms with E-state index in [-0.39, 0.29) is 0 Å². The molecule has 0 saturated carbocycles. The van der Waals surface area contributed by atoms with Gasteiger partial charge in [-0.1, -0.05) is 11.3 Å². The van der Waals surface area contributed by atoms with E-state index in [1.54, 1.807) is 7.11 Å². The van der Waals surface area contributed by atoms with Crippen LogP contribution in [0.2, 0.25) is 0 Å². The van der Waals surface area contributed by atoms with Gasteiger partial charge in [0.25, 0.3) is 0 Å². The smallest absolute Gasteiger partial charge is 0.209 e. The SMILES string of the molecule is COc1ccc(Nc2nn(CN3CCc4sccc4[C@@H]3C)c(=S)s2)cc1. The highest BCUT2D eigenvalue weighted by atomic mass is 32.1. The second kappa shape index (κ2) is 7.48. The van der Waals surface area contributed by atoms with E-state index in [0.29, 0.717) is 6.04 Å². The molecule has 0 radical (unpaired) electrons. The Morgan fingerprint density at radius 3 is 2.88 bits per heavy atom. The lowest BCUT2D eigenvalue weighted by atomic mass is 10.0. The number of methoxy groups -OCH3 is 1. The zero-order valence-electron chi connectivity index (χ0n) is 14.6. The van der Waals surface area contributed by atoms with Crippen molar-refractivity contribution in [2.75, 3.05) is 19.0 Å². The molecule has 0 fully saturated rings. The predicted octanol–water partition coefficient (Wildman–Crippen LogP) is 5.06. The first-order valence-electron chi connectivity index (χ1n) is 8.43. The molecule has 0 aliphatic carbocycles. The number of ether oxygens (including phenoxy) is 1. The van der Waals surface area contributed by atoms with Gasteiger partial charge in [0.15, 0.2) is 3.95 Å². The number of hydrogen-bond donors (Lipinski definition) is 1. The summed E-state index contributed by atoms with van der Waals surface area (Å²) >= 11 is 8.89. The number of fused-ring (bicyclic) bond motifs is 1. The third-order valence-electron chi connectivity index (χ3n) is 4.67. The Balaban J connectivity index is 1.47. The Morgan fingerprint density at radius 1 is 1.31 bits per heavy atom. The lowest BCUT2D eigenvalue weighted by Gasteiger charge is -2.33. The van der Waals surface area contributed by atoms with Gasteiger partial charge in [0.2, 0.25) is 5.13 Å². The van der Waals surface area contributed by atoms with E-state index in [1.165, 1.54) is 21.8 Å². The number of nitrogens with zero attached hydrogens (tertiary/aromatic N) is 3. The zero-order chi connectivity index (χ0) is 18.1. The van der Waals surface area contributed by atoms with E-state index >= 15 is 0 Å². The van der Waals surface area contributed by atoms with E-state index in [1.807, 2.05) is 40.3 Å². The molecule has 1 aliphatic heterocycles. The minimum absolute atomic E-state index is 0.395. The highest BCUT2D eigenvalue weighted by Crippen LogP contribution is 2.33. The molecule has 1 atom stereocenters. The third-order valence-corrected chi connectivity index (χ3v) is 6.89. The van der Waals surface area contributed by atoms with Crippen LogP contribution < -0.4 is 10.1 Å². The molecule has 1 N–H and O–H groups in total. The molecule has 2 aromatic heterocycles. The maximum atomic E-state index is 5.53. The summed E-state index contributed by atoms with van der Waals surface area (Å²) < 4.78 is 7.89. The molecular formula is C18H20N4OS3. The zero-order valence-corrected chi connectivity index (χ0v) is 17.1. The molecule has 8 heteroatoms. The number of rotatable bonds is 5. The Kier molecular flexibility index (Phi) is 5.08. The van der Waals surface area contributed by atoms with Crippen LogP contribution in [0.1, 0.15) is 23.4 Å². The summed E-state index contributed by atoms with van der Waals surface area (Å²) in [5.41, 5.74) is 2.41. The van der Waals surface area contributed by atoms with E-state index in [2.05, 4.69) is 33.7 Å². The van der Waals surface area contributed by atoms with Crippen LogP contribution in [0, 0.1) is 3.95 Å². The quantitative estimate of drug-likeness (QED) is 0.602. The molecular weight excluding hydrogens is 384 g/mol. The van der Waals surface area contributed by atoms with Gasteiger partial charge in [-0.3, -0.25) is 4.90 Å². The van der Waals surface area contributed by atoms with Gasteiger partial charge < -0.3 is 10.1 Å². The summed E-state index contributed by atoms with van der Waals surface area (Å²) in [5, 5.41) is 11.0. The van der Waals surface area contributed by atoms with Gasteiger partial charge in [-0.15, -0.1) is 16.4 Å². The molecule has 1 aliphatic rings. The van der Waals surface area contributed by atoms with Crippen LogP contribution in [0.4, 0.5) is 10.8 Å². The number of hydrogen-bond acceptors (Lipinski definition) is 7. The molecule has 5 nitrogen and oxygen atoms in total. The average Bonchev–Trinajstić information content (AvgIpc) is 3.25.